The second-order valence-corrected chi connectivity index (χ2v) is 2.63. The topological polar surface area (TPSA) is 49.8 Å². The molecule has 4 nitrogen and oxygen atoms in total. The molecule has 4 heteroatoms. The van der Waals surface area contributed by atoms with E-state index in [-0.39, 0.29) is 0 Å². The van der Waals surface area contributed by atoms with E-state index in [1.54, 1.807) is 6.33 Å². The van der Waals surface area contributed by atoms with Gasteiger partial charge in [0.15, 0.2) is 0 Å². The lowest BCUT2D eigenvalue weighted by Gasteiger charge is -2.04. The summed E-state index contributed by atoms with van der Waals surface area (Å²) in [4.78, 5) is 7.93. The van der Waals surface area contributed by atoms with E-state index >= 15 is 0 Å². The fourth-order valence-corrected chi connectivity index (χ4v) is 1.22. The SMILES string of the molecule is c1ncc(C2CNNC2)cn1. The molecule has 0 saturated carbocycles. The number of nitrogens with one attached hydrogen (secondary N) is 2. The third-order valence-corrected chi connectivity index (χ3v) is 1.87. The van der Waals surface area contributed by atoms with Crippen LogP contribution in [0.5, 0.6) is 0 Å². The molecule has 0 radical (unpaired) electrons. The molecule has 58 valence electrons. The number of hydrogen-bond donors (Lipinski definition) is 2. The van der Waals surface area contributed by atoms with Crippen molar-refractivity contribution in [1.82, 2.24) is 20.8 Å². The van der Waals surface area contributed by atoms with Crippen LogP contribution >= 0.6 is 0 Å². The molecule has 1 aliphatic rings. The van der Waals surface area contributed by atoms with Crippen molar-refractivity contribution in [3.63, 3.8) is 0 Å². The molecule has 0 atom stereocenters. The van der Waals surface area contributed by atoms with Crippen molar-refractivity contribution in [3.8, 4) is 0 Å². The molecular formula is C7H10N4. The van der Waals surface area contributed by atoms with Gasteiger partial charge in [0.05, 0.1) is 0 Å². The summed E-state index contributed by atoms with van der Waals surface area (Å²) in [6, 6.07) is 0. The molecule has 2 heterocycles. The maximum atomic E-state index is 3.96. The van der Waals surface area contributed by atoms with Crippen molar-refractivity contribution in [2.24, 2.45) is 0 Å². The highest BCUT2D eigenvalue weighted by Crippen LogP contribution is 2.13. The minimum absolute atomic E-state index is 0.524. The predicted octanol–water partition coefficient (Wildman–Crippen LogP) is -0.332. The van der Waals surface area contributed by atoms with Crippen molar-refractivity contribution < 1.29 is 0 Å². The average molecular weight is 150 g/mol. The van der Waals surface area contributed by atoms with E-state index in [0.29, 0.717) is 5.92 Å². The van der Waals surface area contributed by atoms with Crippen LogP contribution in [0.25, 0.3) is 0 Å². The lowest BCUT2D eigenvalue weighted by Crippen LogP contribution is -2.21. The van der Waals surface area contributed by atoms with Gasteiger partial charge < -0.3 is 0 Å². The number of aromatic nitrogens is 2. The maximum absolute atomic E-state index is 3.96. The summed E-state index contributed by atoms with van der Waals surface area (Å²) in [7, 11) is 0. The molecule has 1 saturated heterocycles. The first-order chi connectivity index (χ1) is 5.47. The molecule has 1 aromatic heterocycles. The first-order valence-electron chi connectivity index (χ1n) is 3.67. The zero-order chi connectivity index (χ0) is 7.52. The van der Waals surface area contributed by atoms with Gasteiger partial charge in [-0.3, -0.25) is 10.9 Å². The minimum atomic E-state index is 0.524. The fourth-order valence-electron chi connectivity index (χ4n) is 1.22. The molecule has 1 aliphatic heterocycles. The monoisotopic (exact) mass is 150 g/mol. The van der Waals surface area contributed by atoms with E-state index in [9.17, 15) is 0 Å². The number of hydrazine groups is 1. The second kappa shape index (κ2) is 2.94. The molecule has 11 heavy (non-hydrogen) atoms. The molecule has 0 unspecified atom stereocenters. The Morgan fingerprint density at radius 2 is 1.82 bits per heavy atom. The summed E-state index contributed by atoms with van der Waals surface area (Å²) in [5.41, 5.74) is 7.33. The number of hydrogen-bond acceptors (Lipinski definition) is 4. The molecule has 1 fully saturated rings. The van der Waals surface area contributed by atoms with E-state index in [4.69, 9.17) is 0 Å². The van der Waals surface area contributed by atoms with Crippen LogP contribution in [0.4, 0.5) is 0 Å². The Hall–Kier alpha value is -1.00. The van der Waals surface area contributed by atoms with Crippen LogP contribution in [0.3, 0.4) is 0 Å². The quantitative estimate of drug-likeness (QED) is 0.575. The summed E-state index contributed by atoms with van der Waals surface area (Å²) in [6.07, 6.45) is 5.29. The lowest BCUT2D eigenvalue weighted by atomic mass is 10.0. The lowest BCUT2D eigenvalue weighted by molar-refractivity contribution is 0.689. The Morgan fingerprint density at radius 3 is 2.45 bits per heavy atom. The molecule has 0 bridgehead atoms. The Balaban J connectivity index is 2.16. The normalized spacial score (nSPS) is 18.9. The zero-order valence-corrected chi connectivity index (χ0v) is 6.12. The van der Waals surface area contributed by atoms with Gasteiger partial charge in [0.2, 0.25) is 0 Å². The smallest absolute Gasteiger partial charge is 0.115 e. The van der Waals surface area contributed by atoms with Gasteiger partial charge in [-0.1, -0.05) is 0 Å². The third kappa shape index (κ3) is 1.36. The van der Waals surface area contributed by atoms with Gasteiger partial charge in [0.25, 0.3) is 0 Å². The highest BCUT2D eigenvalue weighted by atomic mass is 15.4. The summed E-state index contributed by atoms with van der Waals surface area (Å²) < 4.78 is 0. The Morgan fingerprint density at radius 1 is 1.18 bits per heavy atom. The first-order valence-corrected chi connectivity index (χ1v) is 3.67. The van der Waals surface area contributed by atoms with Gasteiger partial charge in [-0.05, 0) is 5.56 Å². The standard InChI is InChI=1S/C7H10N4/c1-6(2-9-5-8-1)7-3-10-11-4-7/h1-2,5,7,10-11H,3-4H2. The molecule has 0 aliphatic carbocycles. The van der Waals surface area contributed by atoms with Crippen molar-refractivity contribution in [2.45, 2.75) is 5.92 Å². The van der Waals surface area contributed by atoms with Crippen LogP contribution in [0.15, 0.2) is 18.7 Å². The van der Waals surface area contributed by atoms with E-state index in [2.05, 4.69) is 20.8 Å². The fraction of sp³-hybridized carbons (Fsp3) is 0.429. The molecular weight excluding hydrogens is 140 g/mol. The zero-order valence-electron chi connectivity index (χ0n) is 6.12. The van der Waals surface area contributed by atoms with E-state index in [0.717, 1.165) is 13.1 Å². The van der Waals surface area contributed by atoms with Gasteiger partial charge in [0, 0.05) is 31.4 Å². The van der Waals surface area contributed by atoms with E-state index in [1.165, 1.54) is 5.56 Å². The maximum Gasteiger partial charge on any atom is 0.115 e. The minimum Gasteiger partial charge on any atom is -0.257 e. The Labute approximate surface area is 65.0 Å². The highest BCUT2D eigenvalue weighted by molar-refractivity contribution is 5.12. The van der Waals surface area contributed by atoms with Crippen molar-refractivity contribution in [1.29, 1.82) is 0 Å². The average Bonchev–Trinajstić information content (AvgIpc) is 2.58. The van der Waals surface area contributed by atoms with Gasteiger partial charge in [0.1, 0.15) is 6.33 Å². The largest absolute Gasteiger partial charge is 0.257 e. The molecule has 0 spiro atoms. The number of rotatable bonds is 1. The van der Waals surface area contributed by atoms with E-state index in [1.807, 2.05) is 12.4 Å². The third-order valence-electron chi connectivity index (χ3n) is 1.87. The van der Waals surface area contributed by atoms with Crippen LogP contribution < -0.4 is 10.9 Å². The van der Waals surface area contributed by atoms with Crippen molar-refractivity contribution in [2.75, 3.05) is 13.1 Å². The molecule has 2 N–H and O–H groups in total. The van der Waals surface area contributed by atoms with Gasteiger partial charge in [-0.15, -0.1) is 0 Å². The molecule has 0 aromatic carbocycles. The van der Waals surface area contributed by atoms with Crippen LogP contribution in [-0.2, 0) is 0 Å². The predicted molar refractivity (Wildman–Crippen MR) is 40.8 cm³/mol. The van der Waals surface area contributed by atoms with Crippen LogP contribution in [0, 0.1) is 0 Å². The summed E-state index contributed by atoms with van der Waals surface area (Å²) in [6.45, 7) is 1.93. The summed E-state index contributed by atoms with van der Waals surface area (Å²) >= 11 is 0. The van der Waals surface area contributed by atoms with Crippen LogP contribution in [0.2, 0.25) is 0 Å². The van der Waals surface area contributed by atoms with Crippen LogP contribution in [-0.4, -0.2) is 23.1 Å². The van der Waals surface area contributed by atoms with Crippen LogP contribution in [0.1, 0.15) is 11.5 Å². The van der Waals surface area contributed by atoms with Crippen molar-refractivity contribution >= 4 is 0 Å². The van der Waals surface area contributed by atoms with Gasteiger partial charge in [-0.25, -0.2) is 9.97 Å². The van der Waals surface area contributed by atoms with Gasteiger partial charge >= 0.3 is 0 Å². The van der Waals surface area contributed by atoms with Crippen molar-refractivity contribution in [3.05, 3.63) is 24.3 Å². The van der Waals surface area contributed by atoms with E-state index < -0.39 is 0 Å². The molecule has 1 aromatic rings. The second-order valence-electron chi connectivity index (χ2n) is 2.63. The summed E-state index contributed by atoms with van der Waals surface area (Å²) in [5.74, 6) is 0.524. The summed E-state index contributed by atoms with van der Waals surface area (Å²) in [5, 5.41) is 0. The molecule has 0 amide bonds. The Bertz CT molecular complexity index is 217. The highest BCUT2D eigenvalue weighted by Gasteiger charge is 2.15. The molecule has 2 rings (SSSR count). The first kappa shape index (κ1) is 6.69. The van der Waals surface area contributed by atoms with Gasteiger partial charge in [-0.2, -0.15) is 0 Å². The number of nitrogens with zero attached hydrogens (tertiary/aromatic N) is 2. The Kier molecular flexibility index (Phi) is 1.79.